The third-order valence-electron chi connectivity index (χ3n) is 2.15. The van der Waals surface area contributed by atoms with E-state index >= 15 is 0 Å². The summed E-state index contributed by atoms with van der Waals surface area (Å²) < 4.78 is 0. The van der Waals surface area contributed by atoms with Gasteiger partial charge in [-0.3, -0.25) is 0 Å². The van der Waals surface area contributed by atoms with Crippen molar-refractivity contribution >= 4 is 16.6 Å². The quantitative estimate of drug-likeness (QED) is 0.486. The average Bonchev–Trinajstić information content (AvgIpc) is 2.82. The summed E-state index contributed by atoms with van der Waals surface area (Å²) in [6.07, 6.45) is 1.76. The summed E-state index contributed by atoms with van der Waals surface area (Å²) in [6.45, 7) is 0. The predicted molar refractivity (Wildman–Crippen MR) is 66.8 cm³/mol. The molecule has 3 rings (SSSR count). The van der Waals surface area contributed by atoms with Crippen molar-refractivity contribution in [3.8, 4) is 0 Å². The summed E-state index contributed by atoms with van der Waals surface area (Å²) in [5.41, 5.74) is 7.47. The maximum atomic E-state index is 5.65. The van der Waals surface area contributed by atoms with Crippen LogP contribution in [0.1, 0.15) is 0 Å². The first-order valence-corrected chi connectivity index (χ1v) is 5.02. The van der Waals surface area contributed by atoms with Gasteiger partial charge in [-0.05, 0) is 0 Å². The molecule has 1 aromatic heterocycles. The van der Waals surface area contributed by atoms with Gasteiger partial charge in [-0.25, -0.2) is 0 Å². The van der Waals surface area contributed by atoms with Gasteiger partial charge in [0.25, 0.3) is 0 Å². The fourth-order valence-electron chi connectivity index (χ4n) is 1.38. The van der Waals surface area contributed by atoms with Crippen LogP contribution in [0.15, 0.2) is 54.7 Å². The number of anilines is 1. The number of aromatic amines is 1. The SMILES string of the molecule is Nc1cccc2[nH]c[c-]c12.[Y].[c-]1ccccc1. The first-order chi connectivity index (χ1) is 7.88. The Hall–Kier alpha value is -1.12. The van der Waals surface area contributed by atoms with Gasteiger partial charge in [0, 0.05) is 32.7 Å². The zero-order chi connectivity index (χ0) is 11.2. The van der Waals surface area contributed by atoms with Gasteiger partial charge in [0.2, 0.25) is 0 Å². The molecule has 0 bridgehead atoms. The number of hydrogen-bond donors (Lipinski definition) is 2. The number of aromatic nitrogens is 1. The minimum Gasteiger partial charge on any atom is -0.449 e. The second kappa shape index (κ2) is 7.26. The normalized spacial score (nSPS) is 8.94. The zero-order valence-electron chi connectivity index (χ0n) is 9.35. The van der Waals surface area contributed by atoms with E-state index in [1.165, 1.54) is 0 Å². The van der Waals surface area contributed by atoms with E-state index in [0.29, 0.717) is 0 Å². The molecule has 0 aliphatic carbocycles. The molecular formula is C14H12N2Y-2. The van der Waals surface area contributed by atoms with E-state index in [2.05, 4.69) is 17.1 Å². The van der Waals surface area contributed by atoms with Crippen LogP contribution in [0.5, 0.6) is 0 Å². The number of nitrogens with two attached hydrogens (primary N) is 1. The van der Waals surface area contributed by atoms with Crippen LogP contribution in [0.25, 0.3) is 10.9 Å². The summed E-state index contributed by atoms with van der Waals surface area (Å²) in [4.78, 5) is 3.02. The zero-order valence-corrected chi connectivity index (χ0v) is 12.2. The Kier molecular flexibility index (Phi) is 5.95. The second-order valence-corrected chi connectivity index (χ2v) is 3.28. The third-order valence-corrected chi connectivity index (χ3v) is 2.15. The molecule has 0 aliphatic rings. The Morgan fingerprint density at radius 1 is 1.00 bits per heavy atom. The van der Waals surface area contributed by atoms with E-state index in [-0.39, 0.29) is 32.7 Å². The van der Waals surface area contributed by atoms with Crippen molar-refractivity contribution in [2.75, 3.05) is 5.73 Å². The Morgan fingerprint density at radius 2 is 1.76 bits per heavy atom. The fourth-order valence-corrected chi connectivity index (χ4v) is 1.38. The molecule has 0 saturated heterocycles. The van der Waals surface area contributed by atoms with Gasteiger partial charge < -0.3 is 10.7 Å². The van der Waals surface area contributed by atoms with Crippen molar-refractivity contribution < 1.29 is 32.7 Å². The molecule has 17 heavy (non-hydrogen) atoms. The molecule has 0 aliphatic heterocycles. The molecule has 2 aromatic carbocycles. The van der Waals surface area contributed by atoms with Gasteiger partial charge in [-0.15, -0.1) is 5.39 Å². The number of hydrogen-bond acceptors (Lipinski definition) is 1. The van der Waals surface area contributed by atoms with Crippen molar-refractivity contribution in [1.29, 1.82) is 0 Å². The maximum Gasteiger partial charge on any atom is 0 e. The molecule has 0 amide bonds. The summed E-state index contributed by atoms with van der Waals surface area (Å²) in [6, 6.07) is 21.3. The molecule has 0 saturated carbocycles. The van der Waals surface area contributed by atoms with Crippen LogP contribution >= 0.6 is 0 Å². The number of benzene rings is 2. The molecule has 3 heteroatoms. The Morgan fingerprint density at radius 3 is 2.29 bits per heavy atom. The molecule has 0 fully saturated rings. The molecule has 83 valence electrons. The smallest absolute Gasteiger partial charge is 0 e. The number of H-pyrrole nitrogens is 1. The number of nitrogen functional groups attached to an aromatic ring is 1. The summed E-state index contributed by atoms with van der Waals surface area (Å²) in [5, 5.41) is 0.975. The topological polar surface area (TPSA) is 41.8 Å². The van der Waals surface area contributed by atoms with Crippen LogP contribution in [0.2, 0.25) is 0 Å². The first-order valence-electron chi connectivity index (χ1n) is 5.02. The van der Waals surface area contributed by atoms with Gasteiger partial charge in [0.15, 0.2) is 0 Å². The summed E-state index contributed by atoms with van der Waals surface area (Å²) in [5.74, 6) is 0. The number of nitrogens with one attached hydrogen (secondary N) is 1. The molecule has 1 radical (unpaired) electrons. The fraction of sp³-hybridized carbons (Fsp3) is 0. The van der Waals surface area contributed by atoms with E-state index in [1.807, 2.05) is 48.5 Å². The van der Waals surface area contributed by atoms with E-state index in [0.717, 1.165) is 16.6 Å². The van der Waals surface area contributed by atoms with Crippen molar-refractivity contribution in [3.05, 3.63) is 66.9 Å². The van der Waals surface area contributed by atoms with Crippen LogP contribution in [-0.4, -0.2) is 4.98 Å². The van der Waals surface area contributed by atoms with E-state index in [9.17, 15) is 0 Å². The van der Waals surface area contributed by atoms with Crippen LogP contribution in [0.3, 0.4) is 0 Å². The Labute approximate surface area is 126 Å². The predicted octanol–water partition coefficient (Wildman–Crippen LogP) is 3.03. The maximum absolute atomic E-state index is 5.65. The standard InChI is InChI=1S/C8H7N2.C6H5.Y/c9-7-2-1-3-8-6(7)4-5-10-8;1-2-4-6-5-3-1;/h1-3,5,10H,9H2;1-5H;/q2*-1;. The van der Waals surface area contributed by atoms with Crippen molar-refractivity contribution in [1.82, 2.24) is 4.98 Å². The van der Waals surface area contributed by atoms with Crippen LogP contribution < -0.4 is 5.73 Å². The Bertz CT molecular complexity index is 519. The minimum atomic E-state index is 0. The van der Waals surface area contributed by atoms with Gasteiger partial charge in [-0.2, -0.15) is 42.5 Å². The molecule has 0 unspecified atom stereocenters. The largest absolute Gasteiger partial charge is 0.449 e. The molecule has 0 spiro atoms. The van der Waals surface area contributed by atoms with Gasteiger partial charge in [0.05, 0.1) is 0 Å². The van der Waals surface area contributed by atoms with Crippen LogP contribution in [0.4, 0.5) is 5.69 Å². The van der Waals surface area contributed by atoms with E-state index < -0.39 is 0 Å². The second-order valence-electron chi connectivity index (χ2n) is 3.28. The van der Waals surface area contributed by atoms with E-state index in [1.54, 1.807) is 6.20 Å². The molecule has 0 atom stereocenters. The van der Waals surface area contributed by atoms with Gasteiger partial charge in [-0.1, -0.05) is 35.6 Å². The summed E-state index contributed by atoms with van der Waals surface area (Å²) >= 11 is 0. The van der Waals surface area contributed by atoms with Crippen molar-refractivity contribution in [3.63, 3.8) is 0 Å². The average molecular weight is 297 g/mol. The molecule has 3 N–H and O–H groups in total. The molecule has 2 nitrogen and oxygen atoms in total. The van der Waals surface area contributed by atoms with Gasteiger partial charge >= 0.3 is 0 Å². The van der Waals surface area contributed by atoms with Crippen molar-refractivity contribution in [2.45, 2.75) is 0 Å². The molecule has 1 heterocycles. The minimum absolute atomic E-state index is 0. The monoisotopic (exact) mass is 297 g/mol. The number of fused-ring (bicyclic) bond motifs is 1. The van der Waals surface area contributed by atoms with E-state index in [4.69, 9.17) is 5.73 Å². The first kappa shape index (κ1) is 13.9. The van der Waals surface area contributed by atoms with Crippen LogP contribution in [-0.2, 0) is 32.7 Å². The summed E-state index contributed by atoms with van der Waals surface area (Å²) in [7, 11) is 0. The Balaban J connectivity index is 0.000000180. The van der Waals surface area contributed by atoms with Crippen LogP contribution in [0, 0.1) is 12.1 Å². The number of rotatable bonds is 0. The van der Waals surface area contributed by atoms with Gasteiger partial charge in [0.1, 0.15) is 0 Å². The third kappa shape index (κ3) is 3.99. The molecular weight excluding hydrogens is 285 g/mol. The molecule has 3 aromatic rings. The van der Waals surface area contributed by atoms with Crippen molar-refractivity contribution in [2.24, 2.45) is 0 Å².